The third kappa shape index (κ3) is 14.0. The molecule has 0 bridgehead atoms. The fourth-order valence-electron chi connectivity index (χ4n) is 3.57. The average molecular weight is 596 g/mol. The van der Waals surface area contributed by atoms with E-state index in [2.05, 4.69) is 5.32 Å². The summed E-state index contributed by atoms with van der Waals surface area (Å²) in [5.41, 5.74) is -2.23. The lowest BCUT2D eigenvalue weighted by Gasteiger charge is -2.34. The molecule has 42 heavy (non-hydrogen) atoms. The molecule has 11 heteroatoms. The van der Waals surface area contributed by atoms with E-state index in [1.807, 2.05) is 55.4 Å². The van der Waals surface area contributed by atoms with Crippen molar-refractivity contribution < 1.29 is 48.0 Å². The molecule has 0 aliphatic carbocycles. The van der Waals surface area contributed by atoms with Crippen LogP contribution in [-0.2, 0) is 30.2 Å². The van der Waals surface area contributed by atoms with Gasteiger partial charge in [-0.05, 0) is 61.1 Å². The Morgan fingerprint density at radius 3 is 1.83 bits per heavy atom. The highest BCUT2D eigenvalue weighted by Crippen LogP contribution is 2.32. The summed E-state index contributed by atoms with van der Waals surface area (Å²) in [4.78, 5) is 50.2. The van der Waals surface area contributed by atoms with Crippen LogP contribution in [0.3, 0.4) is 0 Å². The van der Waals surface area contributed by atoms with Gasteiger partial charge in [0.25, 0.3) is 5.72 Å². The molecule has 2 N–H and O–H groups in total. The molecule has 0 fully saturated rings. The number of rotatable bonds is 16. The van der Waals surface area contributed by atoms with Crippen LogP contribution in [0.25, 0.3) is 0 Å². The standard InChI is InChI=1S/C31H49NO10/c1-10-22(6)32-31(27(34)35,42-26(33)19-30(7,8)9)18-23-11-12-24(40-28(36)38-15-13-20(2)3)25(17-23)41-29(37)39-16-14-21(4)5/h11-12,17,20-22,32H,10,13-16,18-19H2,1-9H3,(H,34,35)/t22?,31-/m0/s1. The van der Waals surface area contributed by atoms with E-state index < -0.39 is 35.4 Å². The first-order chi connectivity index (χ1) is 19.5. The van der Waals surface area contributed by atoms with Crippen LogP contribution in [0.2, 0.25) is 0 Å². The Balaban J connectivity index is 3.39. The molecule has 238 valence electrons. The first kappa shape index (κ1) is 36.7. The predicted octanol–water partition coefficient (Wildman–Crippen LogP) is 6.50. The summed E-state index contributed by atoms with van der Waals surface area (Å²) in [6.07, 6.45) is -0.529. The number of nitrogens with one attached hydrogen (secondary N) is 1. The summed E-state index contributed by atoms with van der Waals surface area (Å²) in [5, 5.41) is 13.2. The van der Waals surface area contributed by atoms with Crippen molar-refractivity contribution >= 4 is 24.2 Å². The second-order valence-corrected chi connectivity index (χ2v) is 12.5. The van der Waals surface area contributed by atoms with E-state index in [4.69, 9.17) is 23.7 Å². The average Bonchev–Trinajstić information content (AvgIpc) is 2.83. The van der Waals surface area contributed by atoms with Gasteiger partial charge in [-0.15, -0.1) is 0 Å². The smallest absolute Gasteiger partial charge is 0.477 e. The fraction of sp³-hybridized carbons (Fsp3) is 0.677. The number of carboxylic acids is 1. The number of hydrogen-bond donors (Lipinski definition) is 2. The van der Waals surface area contributed by atoms with Crippen molar-refractivity contribution in [3.8, 4) is 11.5 Å². The van der Waals surface area contributed by atoms with Crippen molar-refractivity contribution in [2.24, 2.45) is 17.3 Å². The van der Waals surface area contributed by atoms with E-state index >= 15 is 0 Å². The molecule has 1 unspecified atom stereocenters. The van der Waals surface area contributed by atoms with Crippen LogP contribution in [-0.4, -0.2) is 54.3 Å². The molecular weight excluding hydrogens is 546 g/mol. The molecule has 0 spiro atoms. The molecule has 2 atom stereocenters. The Morgan fingerprint density at radius 1 is 0.857 bits per heavy atom. The maximum absolute atomic E-state index is 12.8. The van der Waals surface area contributed by atoms with E-state index in [0.29, 0.717) is 36.7 Å². The van der Waals surface area contributed by atoms with Crippen LogP contribution < -0.4 is 14.8 Å². The molecule has 0 saturated heterocycles. The zero-order valence-corrected chi connectivity index (χ0v) is 26.5. The Morgan fingerprint density at radius 2 is 1.38 bits per heavy atom. The molecule has 1 rings (SSSR count). The van der Waals surface area contributed by atoms with Gasteiger partial charge in [0.05, 0.1) is 19.6 Å². The van der Waals surface area contributed by atoms with Gasteiger partial charge in [0, 0.05) is 12.5 Å². The number of esters is 1. The largest absolute Gasteiger partial charge is 0.513 e. The van der Waals surface area contributed by atoms with Gasteiger partial charge in [-0.2, -0.15) is 0 Å². The summed E-state index contributed by atoms with van der Waals surface area (Å²) in [6.45, 7) is 17.4. The summed E-state index contributed by atoms with van der Waals surface area (Å²) in [6, 6.07) is 3.86. The topological polar surface area (TPSA) is 147 Å². The second kappa shape index (κ2) is 16.9. The summed E-state index contributed by atoms with van der Waals surface area (Å²) < 4.78 is 26.5. The van der Waals surface area contributed by atoms with Gasteiger partial charge in [-0.25, -0.2) is 14.4 Å². The first-order valence-corrected chi connectivity index (χ1v) is 14.5. The molecule has 0 saturated carbocycles. The van der Waals surface area contributed by atoms with Crippen molar-refractivity contribution in [1.82, 2.24) is 5.32 Å². The monoisotopic (exact) mass is 595 g/mol. The van der Waals surface area contributed by atoms with E-state index in [1.54, 1.807) is 6.92 Å². The van der Waals surface area contributed by atoms with Crippen LogP contribution in [0.15, 0.2) is 18.2 Å². The van der Waals surface area contributed by atoms with Gasteiger partial charge in [0.1, 0.15) is 0 Å². The SMILES string of the molecule is CCC(C)N[C@@](Cc1ccc(OC(=O)OCCC(C)C)c(OC(=O)OCCC(C)C)c1)(OC(=O)CC(C)(C)C)C(=O)O. The Labute approximate surface area is 249 Å². The van der Waals surface area contributed by atoms with E-state index in [-0.39, 0.29) is 43.6 Å². The van der Waals surface area contributed by atoms with Gasteiger partial charge in [0.2, 0.25) is 0 Å². The summed E-state index contributed by atoms with van der Waals surface area (Å²) in [5.74, 6) is -1.79. The van der Waals surface area contributed by atoms with Crippen LogP contribution in [0.5, 0.6) is 11.5 Å². The van der Waals surface area contributed by atoms with Crippen LogP contribution in [0.1, 0.15) is 93.6 Å². The number of carbonyl (C=O) groups is 4. The van der Waals surface area contributed by atoms with Crippen molar-refractivity contribution in [2.45, 2.75) is 106 Å². The normalized spacial score (nSPS) is 13.7. The van der Waals surface area contributed by atoms with Crippen LogP contribution >= 0.6 is 0 Å². The molecule has 11 nitrogen and oxygen atoms in total. The van der Waals surface area contributed by atoms with E-state index in [0.717, 1.165) is 0 Å². The maximum atomic E-state index is 12.8. The minimum Gasteiger partial charge on any atom is -0.477 e. The molecular formula is C31H49NO10. The number of hydrogen-bond acceptors (Lipinski definition) is 10. The third-order valence-electron chi connectivity index (χ3n) is 6.08. The van der Waals surface area contributed by atoms with Crippen molar-refractivity contribution in [1.29, 1.82) is 0 Å². The molecule has 0 heterocycles. The first-order valence-electron chi connectivity index (χ1n) is 14.5. The highest BCUT2D eigenvalue weighted by molar-refractivity contribution is 5.82. The second-order valence-electron chi connectivity index (χ2n) is 12.5. The Hall–Kier alpha value is -3.34. The van der Waals surface area contributed by atoms with Gasteiger partial charge >= 0.3 is 24.2 Å². The van der Waals surface area contributed by atoms with E-state index in [1.165, 1.54) is 18.2 Å². The van der Waals surface area contributed by atoms with Gasteiger partial charge in [-0.1, -0.05) is 61.5 Å². The Bertz CT molecular complexity index is 1050. The molecule has 0 aromatic heterocycles. The van der Waals surface area contributed by atoms with Crippen molar-refractivity contribution in [3.05, 3.63) is 23.8 Å². The van der Waals surface area contributed by atoms with Gasteiger partial charge in [-0.3, -0.25) is 10.1 Å². The molecule has 1 aromatic rings. The summed E-state index contributed by atoms with van der Waals surface area (Å²) >= 11 is 0. The number of aliphatic carboxylic acids is 1. The van der Waals surface area contributed by atoms with E-state index in [9.17, 15) is 24.3 Å². The molecule has 0 radical (unpaired) electrons. The number of ether oxygens (including phenoxy) is 5. The van der Waals surface area contributed by atoms with Crippen molar-refractivity contribution in [3.63, 3.8) is 0 Å². The van der Waals surface area contributed by atoms with Crippen LogP contribution in [0, 0.1) is 17.3 Å². The lowest BCUT2D eigenvalue weighted by Crippen LogP contribution is -2.59. The number of carbonyl (C=O) groups excluding carboxylic acids is 3. The van der Waals surface area contributed by atoms with Crippen molar-refractivity contribution in [2.75, 3.05) is 13.2 Å². The highest BCUT2D eigenvalue weighted by atomic mass is 16.7. The molecule has 1 aromatic carbocycles. The fourth-order valence-corrected chi connectivity index (χ4v) is 3.57. The molecule has 0 aliphatic rings. The molecule has 0 amide bonds. The minimum atomic E-state index is -2.12. The zero-order valence-electron chi connectivity index (χ0n) is 26.5. The highest BCUT2D eigenvalue weighted by Gasteiger charge is 2.44. The predicted molar refractivity (Wildman–Crippen MR) is 156 cm³/mol. The van der Waals surface area contributed by atoms with Gasteiger partial charge in [0.15, 0.2) is 11.5 Å². The number of carboxylic acid groups (broad SMARTS) is 1. The lowest BCUT2D eigenvalue weighted by molar-refractivity contribution is -0.185. The molecule has 0 aliphatic heterocycles. The quantitative estimate of drug-likeness (QED) is 0.0934. The minimum absolute atomic E-state index is 0.00745. The summed E-state index contributed by atoms with van der Waals surface area (Å²) in [7, 11) is 0. The third-order valence-corrected chi connectivity index (χ3v) is 6.08. The zero-order chi connectivity index (χ0) is 32.1. The number of benzene rings is 1. The Kier molecular flexibility index (Phi) is 14.8. The maximum Gasteiger partial charge on any atom is 0.513 e. The van der Waals surface area contributed by atoms with Crippen LogP contribution in [0.4, 0.5) is 9.59 Å². The van der Waals surface area contributed by atoms with Gasteiger partial charge < -0.3 is 28.8 Å². The lowest BCUT2D eigenvalue weighted by atomic mass is 9.92.